The zero-order valence-corrected chi connectivity index (χ0v) is 16.0. The first kappa shape index (κ1) is 17.9. The highest BCUT2D eigenvalue weighted by Gasteiger charge is 2.79. The lowest BCUT2D eigenvalue weighted by Gasteiger charge is -2.52. The van der Waals surface area contributed by atoms with Gasteiger partial charge in [-0.3, -0.25) is 9.59 Å². The van der Waals surface area contributed by atoms with Crippen molar-refractivity contribution in [2.45, 2.75) is 51.3 Å². The van der Waals surface area contributed by atoms with Crippen molar-refractivity contribution in [1.82, 2.24) is 0 Å². The van der Waals surface area contributed by atoms with Crippen LogP contribution in [0.4, 0.5) is 0 Å². The average Bonchev–Trinajstić information content (AvgIpc) is 3.42. The highest BCUT2D eigenvalue weighted by Crippen LogP contribution is 2.69. The Morgan fingerprint density at radius 1 is 1.25 bits per heavy atom. The molecule has 3 fully saturated rings. The third-order valence-electron chi connectivity index (χ3n) is 7.42. The molecule has 28 heavy (non-hydrogen) atoms. The van der Waals surface area contributed by atoms with Crippen LogP contribution in [0.2, 0.25) is 0 Å². The molecular formula is C20H22O8. The standard InChI is InChI=1S/C20H22O8/c1-7(17(23)25-4)12-8-5-10-14-19(2,9(8)6-11(21)27-12)16-13(28-16)15(22)20(14,3)18(24)26-10/h5-7,10,12-16,22H,1-4H3/t7-,10-,12-,13+,14+,15+,16+,19-,20-/m1/s1. The summed E-state index contributed by atoms with van der Waals surface area (Å²) in [5, 5.41) is 10.8. The number of epoxide rings is 1. The van der Waals surface area contributed by atoms with Gasteiger partial charge in [-0.1, -0.05) is 6.92 Å². The molecule has 1 N–H and O–H groups in total. The summed E-state index contributed by atoms with van der Waals surface area (Å²) in [4.78, 5) is 37.3. The van der Waals surface area contributed by atoms with Gasteiger partial charge in [0.2, 0.25) is 0 Å². The average molecular weight is 390 g/mol. The van der Waals surface area contributed by atoms with Gasteiger partial charge in [0.25, 0.3) is 0 Å². The molecule has 2 saturated heterocycles. The Morgan fingerprint density at radius 2 is 1.96 bits per heavy atom. The van der Waals surface area contributed by atoms with E-state index in [2.05, 4.69) is 0 Å². The van der Waals surface area contributed by atoms with E-state index >= 15 is 0 Å². The molecule has 2 aliphatic carbocycles. The second-order valence-corrected chi connectivity index (χ2v) is 8.73. The monoisotopic (exact) mass is 390 g/mol. The fourth-order valence-electron chi connectivity index (χ4n) is 5.96. The van der Waals surface area contributed by atoms with Gasteiger partial charge >= 0.3 is 17.9 Å². The summed E-state index contributed by atoms with van der Waals surface area (Å²) in [6, 6.07) is 0. The van der Waals surface area contributed by atoms with Gasteiger partial charge in [0.05, 0.1) is 25.2 Å². The second kappa shape index (κ2) is 5.24. The van der Waals surface area contributed by atoms with Crippen LogP contribution in [-0.4, -0.2) is 60.6 Å². The molecule has 0 radical (unpaired) electrons. The lowest BCUT2D eigenvalue weighted by Crippen LogP contribution is -2.60. The topological polar surface area (TPSA) is 112 Å². The van der Waals surface area contributed by atoms with Crippen molar-refractivity contribution in [3.05, 3.63) is 23.3 Å². The van der Waals surface area contributed by atoms with Crippen LogP contribution in [0.3, 0.4) is 0 Å². The number of hydrogen-bond acceptors (Lipinski definition) is 8. The van der Waals surface area contributed by atoms with Crippen molar-refractivity contribution in [2.24, 2.45) is 22.7 Å². The number of aliphatic hydroxyl groups is 1. The van der Waals surface area contributed by atoms with Gasteiger partial charge in [0, 0.05) is 17.4 Å². The van der Waals surface area contributed by atoms with Crippen molar-refractivity contribution in [3.8, 4) is 0 Å². The van der Waals surface area contributed by atoms with Crippen LogP contribution in [0.1, 0.15) is 20.8 Å². The maximum atomic E-state index is 12.8. The summed E-state index contributed by atoms with van der Waals surface area (Å²) >= 11 is 0. The predicted molar refractivity (Wildman–Crippen MR) is 91.5 cm³/mol. The van der Waals surface area contributed by atoms with Crippen LogP contribution in [0.15, 0.2) is 23.3 Å². The largest absolute Gasteiger partial charge is 0.469 e. The summed E-state index contributed by atoms with van der Waals surface area (Å²) in [7, 11) is 1.28. The Morgan fingerprint density at radius 3 is 2.64 bits per heavy atom. The molecule has 150 valence electrons. The fourth-order valence-corrected chi connectivity index (χ4v) is 5.96. The van der Waals surface area contributed by atoms with E-state index in [0.717, 1.165) is 0 Å². The van der Waals surface area contributed by atoms with Gasteiger partial charge in [0.1, 0.15) is 23.7 Å². The number of carbonyl (C=O) groups excluding carboxylic acids is 3. The number of aliphatic hydroxyl groups excluding tert-OH is 1. The van der Waals surface area contributed by atoms with Gasteiger partial charge in [-0.05, 0) is 31.1 Å². The number of hydrogen-bond donors (Lipinski definition) is 1. The van der Waals surface area contributed by atoms with E-state index in [0.29, 0.717) is 11.1 Å². The molecule has 1 saturated carbocycles. The Kier molecular flexibility index (Phi) is 3.35. The summed E-state index contributed by atoms with van der Waals surface area (Å²) < 4.78 is 21.8. The van der Waals surface area contributed by atoms with Crippen molar-refractivity contribution in [2.75, 3.05) is 7.11 Å². The third kappa shape index (κ3) is 1.85. The number of methoxy groups -OCH3 is 1. The smallest absolute Gasteiger partial charge is 0.331 e. The Bertz CT molecular complexity index is 873. The van der Waals surface area contributed by atoms with Crippen molar-refractivity contribution >= 4 is 17.9 Å². The number of ether oxygens (including phenoxy) is 4. The first-order chi connectivity index (χ1) is 13.1. The molecular weight excluding hydrogens is 368 g/mol. The molecule has 0 aromatic carbocycles. The molecule has 0 aromatic rings. The minimum atomic E-state index is -1.13. The number of rotatable bonds is 2. The van der Waals surface area contributed by atoms with E-state index < -0.39 is 59.1 Å². The molecule has 0 spiro atoms. The molecule has 3 aliphatic heterocycles. The fraction of sp³-hybridized carbons (Fsp3) is 0.650. The summed E-state index contributed by atoms with van der Waals surface area (Å²) in [6.45, 7) is 5.28. The Labute approximate surface area is 161 Å². The number of esters is 3. The van der Waals surface area contributed by atoms with Crippen LogP contribution in [0.25, 0.3) is 0 Å². The minimum absolute atomic E-state index is 0.340. The number of fused-ring (bicyclic) bond motifs is 4. The zero-order chi connectivity index (χ0) is 20.2. The molecule has 0 amide bonds. The molecule has 5 rings (SSSR count). The number of cyclic esters (lactones) is 1. The van der Waals surface area contributed by atoms with Crippen molar-refractivity contribution in [3.63, 3.8) is 0 Å². The zero-order valence-electron chi connectivity index (χ0n) is 16.0. The SMILES string of the molecule is COC(=O)[C@H](C)[C@H]1OC(=O)C=C2C1=C[C@H]1OC(=O)[C@]3(C)[C@@H]1[C@]2(C)[C@H]1O[C@H]1[C@@H]3O. The predicted octanol–water partition coefficient (Wildman–Crippen LogP) is 0.283. The van der Waals surface area contributed by atoms with Crippen LogP contribution < -0.4 is 0 Å². The van der Waals surface area contributed by atoms with Crippen molar-refractivity contribution in [1.29, 1.82) is 0 Å². The summed E-state index contributed by atoms with van der Waals surface area (Å²) in [5.41, 5.74) is -0.531. The van der Waals surface area contributed by atoms with Crippen LogP contribution in [0, 0.1) is 22.7 Å². The van der Waals surface area contributed by atoms with Crippen molar-refractivity contribution < 1.29 is 38.4 Å². The molecule has 0 aromatic heterocycles. The van der Waals surface area contributed by atoms with Crippen LogP contribution >= 0.6 is 0 Å². The quantitative estimate of drug-likeness (QED) is 0.407. The molecule has 0 bridgehead atoms. The number of carbonyl (C=O) groups is 3. The third-order valence-corrected chi connectivity index (χ3v) is 7.42. The van der Waals surface area contributed by atoms with Crippen LogP contribution in [-0.2, 0) is 33.3 Å². The van der Waals surface area contributed by atoms with Gasteiger partial charge in [-0.25, -0.2) is 4.79 Å². The van der Waals surface area contributed by atoms with Gasteiger partial charge in [-0.2, -0.15) is 0 Å². The maximum absolute atomic E-state index is 12.8. The Hall–Kier alpha value is -2.19. The molecule has 3 heterocycles. The van der Waals surface area contributed by atoms with E-state index in [4.69, 9.17) is 18.9 Å². The van der Waals surface area contributed by atoms with Crippen LogP contribution in [0.5, 0.6) is 0 Å². The first-order valence-electron chi connectivity index (χ1n) is 9.43. The van der Waals surface area contributed by atoms with E-state index in [-0.39, 0.29) is 12.0 Å². The van der Waals surface area contributed by atoms with E-state index in [1.165, 1.54) is 13.2 Å². The Balaban J connectivity index is 1.69. The van der Waals surface area contributed by atoms with Gasteiger partial charge < -0.3 is 24.1 Å². The first-order valence-corrected chi connectivity index (χ1v) is 9.43. The lowest BCUT2D eigenvalue weighted by atomic mass is 9.48. The van der Waals surface area contributed by atoms with E-state index in [1.54, 1.807) is 19.9 Å². The highest BCUT2D eigenvalue weighted by molar-refractivity contribution is 5.89. The molecule has 8 nitrogen and oxygen atoms in total. The maximum Gasteiger partial charge on any atom is 0.331 e. The lowest BCUT2D eigenvalue weighted by molar-refractivity contribution is -0.155. The summed E-state index contributed by atoms with van der Waals surface area (Å²) in [6.07, 6.45) is -0.0649. The van der Waals surface area contributed by atoms with E-state index in [9.17, 15) is 19.5 Å². The molecule has 9 atom stereocenters. The molecule has 8 heteroatoms. The van der Waals surface area contributed by atoms with E-state index in [1.807, 2.05) is 6.92 Å². The van der Waals surface area contributed by atoms with Gasteiger partial charge in [0.15, 0.2) is 0 Å². The normalized spacial score (nSPS) is 48.8. The molecule has 5 aliphatic rings. The van der Waals surface area contributed by atoms with Gasteiger partial charge in [-0.15, -0.1) is 0 Å². The highest BCUT2D eigenvalue weighted by atomic mass is 16.6. The second-order valence-electron chi connectivity index (χ2n) is 8.73. The minimum Gasteiger partial charge on any atom is -0.469 e. The summed E-state index contributed by atoms with van der Waals surface area (Å²) in [5.74, 6) is -2.64. The molecule has 0 unspecified atom stereocenters.